The maximum Gasteiger partial charge on any atom is 0.408 e. The minimum Gasteiger partial charge on any atom is -0.508 e. The van der Waals surface area contributed by atoms with Gasteiger partial charge in [-0.1, -0.05) is 65.7 Å². The number of phenols is 1. The minimum atomic E-state index is -1.06. The Kier molecular flexibility index (Phi) is 10.4. The Morgan fingerprint density at radius 3 is 2.17 bits per heavy atom. The highest BCUT2D eigenvalue weighted by Crippen LogP contribution is 2.29. The van der Waals surface area contributed by atoms with Crippen LogP contribution in [0.25, 0.3) is 0 Å². The van der Waals surface area contributed by atoms with E-state index in [0.29, 0.717) is 21.8 Å². The summed E-state index contributed by atoms with van der Waals surface area (Å²) in [5.41, 5.74) is 2.77. The number of nitrogens with one attached hydrogen (secondary N) is 2. The van der Waals surface area contributed by atoms with E-state index in [0.717, 1.165) is 11.1 Å². The van der Waals surface area contributed by atoms with Crippen molar-refractivity contribution >= 4 is 35.2 Å². The molecule has 0 aliphatic carbocycles. The lowest BCUT2D eigenvalue weighted by molar-refractivity contribution is -0.140. The van der Waals surface area contributed by atoms with E-state index in [9.17, 15) is 19.5 Å². The van der Waals surface area contributed by atoms with Crippen molar-refractivity contribution < 1.29 is 24.2 Å². The predicted octanol–water partition coefficient (Wildman–Crippen LogP) is 6.33. The molecular formula is C32H38ClN3O5. The third kappa shape index (κ3) is 8.72. The Balaban J connectivity index is 2.02. The van der Waals surface area contributed by atoms with Gasteiger partial charge in [0.2, 0.25) is 5.91 Å². The molecule has 0 spiro atoms. The molecule has 0 aliphatic heterocycles. The second-order valence-corrected chi connectivity index (χ2v) is 11.3. The number of aromatic hydroxyl groups is 1. The van der Waals surface area contributed by atoms with E-state index in [4.69, 9.17) is 16.3 Å². The van der Waals surface area contributed by atoms with Crippen molar-refractivity contribution in [3.63, 3.8) is 0 Å². The minimum absolute atomic E-state index is 0.0814. The smallest absolute Gasteiger partial charge is 0.408 e. The second kappa shape index (κ2) is 13.5. The first-order chi connectivity index (χ1) is 19.3. The number of carbonyl (C=O) groups is 3. The number of alkyl carbamates (subject to hydrolysis) is 1. The molecule has 3 N–H and O–H groups in total. The average molecular weight is 580 g/mol. The highest BCUT2D eigenvalue weighted by molar-refractivity contribution is 6.34. The van der Waals surface area contributed by atoms with Crippen LogP contribution in [0.15, 0.2) is 66.7 Å². The first-order valence-electron chi connectivity index (χ1n) is 13.5. The number of benzene rings is 3. The Labute approximate surface area is 246 Å². The van der Waals surface area contributed by atoms with E-state index in [1.165, 1.54) is 17.0 Å². The van der Waals surface area contributed by atoms with Crippen LogP contribution in [0.2, 0.25) is 5.02 Å². The summed E-state index contributed by atoms with van der Waals surface area (Å²) in [6, 6.07) is 17.0. The maximum atomic E-state index is 14.2. The SMILES string of the molecule is CCN(C(=O)C(Cc1ccc(O)cc1)NC(=O)OC(C)(C)C)C(C(=O)Nc1c(C)cccc1Cl)c1ccc(C)cc1. The predicted molar refractivity (Wildman–Crippen MR) is 161 cm³/mol. The zero-order chi connectivity index (χ0) is 30.3. The van der Waals surface area contributed by atoms with Crippen LogP contribution in [0, 0.1) is 13.8 Å². The van der Waals surface area contributed by atoms with Gasteiger partial charge in [-0.2, -0.15) is 0 Å². The second-order valence-electron chi connectivity index (χ2n) is 10.9. The number of aryl methyl sites for hydroxylation is 2. The Morgan fingerprint density at radius 2 is 1.61 bits per heavy atom. The summed E-state index contributed by atoms with van der Waals surface area (Å²) in [5, 5.41) is 15.7. The number of hydrogen-bond donors (Lipinski definition) is 3. The fraction of sp³-hybridized carbons (Fsp3) is 0.344. The van der Waals surface area contributed by atoms with Crippen molar-refractivity contribution in [3.05, 3.63) is 94.0 Å². The van der Waals surface area contributed by atoms with Gasteiger partial charge < -0.3 is 25.4 Å². The zero-order valence-corrected chi connectivity index (χ0v) is 25.1. The molecule has 0 aromatic heterocycles. The summed E-state index contributed by atoms with van der Waals surface area (Å²) >= 11 is 6.41. The van der Waals surface area contributed by atoms with Crippen LogP contribution in [0.3, 0.4) is 0 Å². The fourth-order valence-corrected chi connectivity index (χ4v) is 4.66. The average Bonchev–Trinajstić information content (AvgIpc) is 2.89. The van der Waals surface area contributed by atoms with Crippen molar-refractivity contribution in [2.24, 2.45) is 0 Å². The van der Waals surface area contributed by atoms with Crippen molar-refractivity contribution in [2.45, 2.75) is 65.6 Å². The number of para-hydroxylation sites is 1. The van der Waals surface area contributed by atoms with Crippen LogP contribution in [0.4, 0.5) is 10.5 Å². The number of amides is 3. The van der Waals surface area contributed by atoms with Gasteiger partial charge in [0.15, 0.2) is 0 Å². The number of ether oxygens (including phenoxy) is 1. The summed E-state index contributed by atoms with van der Waals surface area (Å²) in [6.07, 6.45) is -0.644. The molecule has 0 bridgehead atoms. The molecule has 0 saturated heterocycles. The number of nitrogens with zero attached hydrogens (tertiary/aromatic N) is 1. The first kappa shape index (κ1) is 31.5. The quantitative estimate of drug-likeness (QED) is 0.275. The number of phenolic OH excluding ortho intramolecular Hbond substituents is 1. The molecule has 218 valence electrons. The summed E-state index contributed by atoms with van der Waals surface area (Å²) < 4.78 is 5.44. The van der Waals surface area contributed by atoms with Crippen LogP contribution in [-0.4, -0.2) is 46.1 Å². The molecule has 0 aliphatic rings. The van der Waals surface area contributed by atoms with Gasteiger partial charge in [-0.15, -0.1) is 0 Å². The third-order valence-corrected chi connectivity index (χ3v) is 6.73. The molecule has 9 heteroatoms. The monoisotopic (exact) mass is 579 g/mol. The first-order valence-corrected chi connectivity index (χ1v) is 13.9. The Bertz CT molecular complexity index is 1350. The van der Waals surface area contributed by atoms with Crippen LogP contribution in [0.1, 0.15) is 56.0 Å². The Morgan fingerprint density at radius 1 is 0.976 bits per heavy atom. The van der Waals surface area contributed by atoms with E-state index in [2.05, 4.69) is 10.6 Å². The number of hydrogen-bond acceptors (Lipinski definition) is 5. The lowest BCUT2D eigenvalue weighted by Gasteiger charge is -2.34. The summed E-state index contributed by atoms with van der Waals surface area (Å²) in [7, 11) is 0. The molecule has 2 unspecified atom stereocenters. The van der Waals surface area contributed by atoms with E-state index in [-0.39, 0.29) is 18.7 Å². The van der Waals surface area contributed by atoms with Gasteiger partial charge in [0, 0.05) is 13.0 Å². The highest BCUT2D eigenvalue weighted by Gasteiger charge is 2.36. The largest absolute Gasteiger partial charge is 0.508 e. The van der Waals surface area contributed by atoms with Gasteiger partial charge in [0.1, 0.15) is 23.4 Å². The molecule has 0 heterocycles. The van der Waals surface area contributed by atoms with Crippen LogP contribution >= 0.6 is 11.6 Å². The molecule has 3 aromatic rings. The van der Waals surface area contributed by atoms with Crippen molar-refractivity contribution in [1.82, 2.24) is 10.2 Å². The molecule has 41 heavy (non-hydrogen) atoms. The lowest BCUT2D eigenvalue weighted by atomic mass is 9.99. The highest BCUT2D eigenvalue weighted by atomic mass is 35.5. The molecular weight excluding hydrogens is 542 g/mol. The number of rotatable bonds is 9. The van der Waals surface area contributed by atoms with Gasteiger partial charge in [-0.25, -0.2) is 4.79 Å². The van der Waals surface area contributed by atoms with Crippen molar-refractivity contribution in [3.8, 4) is 5.75 Å². The molecule has 0 saturated carbocycles. The van der Waals surface area contributed by atoms with Gasteiger partial charge >= 0.3 is 6.09 Å². The number of halogens is 1. The summed E-state index contributed by atoms with van der Waals surface area (Å²) in [4.78, 5) is 42.4. The van der Waals surface area contributed by atoms with Crippen molar-refractivity contribution in [1.29, 1.82) is 0 Å². The van der Waals surface area contributed by atoms with E-state index >= 15 is 0 Å². The normalized spacial score (nSPS) is 12.7. The molecule has 3 aromatic carbocycles. The van der Waals surface area contributed by atoms with E-state index < -0.39 is 35.6 Å². The number of anilines is 1. The van der Waals surface area contributed by atoms with Crippen molar-refractivity contribution in [2.75, 3.05) is 11.9 Å². The summed E-state index contributed by atoms with van der Waals surface area (Å²) in [6.45, 7) is 10.9. The summed E-state index contributed by atoms with van der Waals surface area (Å²) in [5.74, 6) is -0.832. The van der Waals surface area contributed by atoms with E-state index in [1.807, 2.05) is 44.2 Å². The molecule has 3 rings (SSSR count). The molecule has 0 radical (unpaired) electrons. The fourth-order valence-electron chi connectivity index (χ4n) is 4.39. The van der Waals surface area contributed by atoms with Gasteiger partial charge in [0.25, 0.3) is 5.91 Å². The van der Waals surface area contributed by atoms with Crippen LogP contribution < -0.4 is 10.6 Å². The van der Waals surface area contributed by atoms with E-state index in [1.54, 1.807) is 52.0 Å². The molecule has 0 fully saturated rings. The van der Waals surface area contributed by atoms with Gasteiger partial charge in [0.05, 0.1) is 10.7 Å². The van der Waals surface area contributed by atoms with Crippen LogP contribution in [-0.2, 0) is 20.7 Å². The molecule has 8 nitrogen and oxygen atoms in total. The van der Waals surface area contributed by atoms with Gasteiger partial charge in [-0.3, -0.25) is 9.59 Å². The van der Waals surface area contributed by atoms with Gasteiger partial charge in [-0.05, 0) is 76.4 Å². The Hall–Kier alpha value is -4.04. The number of likely N-dealkylation sites (N-methyl/N-ethyl adjacent to an activating group) is 1. The maximum absolute atomic E-state index is 14.2. The molecule has 2 atom stereocenters. The third-order valence-electron chi connectivity index (χ3n) is 6.41. The number of carbonyl (C=O) groups excluding carboxylic acids is 3. The zero-order valence-electron chi connectivity index (χ0n) is 24.3. The standard InChI is InChI=1S/C32H38ClN3O5/c1-7-36(30(39)26(34-31(40)41-32(4,5)6)19-22-13-17-24(37)18-14-22)28(23-15-11-20(2)12-16-23)29(38)35-27-21(3)9-8-10-25(27)33/h8-18,26,28,37H,7,19H2,1-6H3,(H,34,40)(H,35,38). The topological polar surface area (TPSA) is 108 Å². The molecule has 3 amide bonds. The van der Waals surface area contributed by atoms with Crippen LogP contribution in [0.5, 0.6) is 5.75 Å². The lowest BCUT2D eigenvalue weighted by Crippen LogP contribution is -2.53.